The van der Waals surface area contributed by atoms with Crippen LogP contribution in [0.15, 0.2) is 72.1 Å². The lowest BCUT2D eigenvalue weighted by molar-refractivity contribution is -0.678. The second kappa shape index (κ2) is 7.59. The summed E-state index contributed by atoms with van der Waals surface area (Å²) in [5, 5.41) is 8.02. The Hall–Kier alpha value is -2.94. The SMILES string of the molecule is CC(C)(C)c1cc[n+](/N=C/c2ccc(-c3ccc4c(c3)CCCN4)cc2)cc1. The van der Waals surface area contributed by atoms with Gasteiger partial charge in [-0.2, -0.15) is 0 Å². The molecule has 1 aromatic heterocycles. The minimum absolute atomic E-state index is 0.158. The van der Waals surface area contributed by atoms with Crippen LogP contribution >= 0.6 is 0 Å². The van der Waals surface area contributed by atoms with E-state index in [0.29, 0.717) is 0 Å². The highest BCUT2D eigenvalue weighted by atomic mass is 15.3. The van der Waals surface area contributed by atoms with Gasteiger partial charge in [0, 0.05) is 24.4 Å². The molecule has 2 heterocycles. The van der Waals surface area contributed by atoms with Crippen LogP contribution in [0, 0.1) is 0 Å². The van der Waals surface area contributed by atoms with Crippen LogP contribution in [-0.4, -0.2) is 12.8 Å². The van der Waals surface area contributed by atoms with Gasteiger partial charge in [-0.1, -0.05) is 55.8 Å². The molecule has 3 heteroatoms. The quantitative estimate of drug-likeness (QED) is 0.499. The predicted molar refractivity (Wildman–Crippen MR) is 117 cm³/mol. The van der Waals surface area contributed by atoms with Crippen LogP contribution in [0.1, 0.15) is 43.9 Å². The number of hydrogen-bond donors (Lipinski definition) is 1. The van der Waals surface area contributed by atoms with Gasteiger partial charge in [0.1, 0.15) is 6.21 Å². The van der Waals surface area contributed by atoms with Gasteiger partial charge in [0.25, 0.3) is 0 Å². The first-order valence-electron chi connectivity index (χ1n) is 10.0. The van der Waals surface area contributed by atoms with Crippen LogP contribution in [0.25, 0.3) is 11.1 Å². The minimum Gasteiger partial charge on any atom is -0.385 e. The lowest BCUT2D eigenvalue weighted by Gasteiger charge is -2.18. The zero-order valence-electron chi connectivity index (χ0n) is 16.9. The highest BCUT2D eigenvalue weighted by Gasteiger charge is 2.14. The lowest BCUT2D eigenvalue weighted by atomic mass is 9.88. The molecule has 0 radical (unpaired) electrons. The Bertz CT molecular complexity index is 978. The molecule has 0 unspecified atom stereocenters. The Labute approximate surface area is 167 Å². The highest BCUT2D eigenvalue weighted by molar-refractivity contribution is 5.80. The van der Waals surface area contributed by atoms with Crippen molar-refractivity contribution in [1.82, 2.24) is 0 Å². The van der Waals surface area contributed by atoms with E-state index in [0.717, 1.165) is 18.5 Å². The van der Waals surface area contributed by atoms with Crippen molar-refractivity contribution in [3.05, 3.63) is 83.7 Å². The van der Waals surface area contributed by atoms with E-state index < -0.39 is 0 Å². The van der Waals surface area contributed by atoms with E-state index in [-0.39, 0.29) is 5.41 Å². The van der Waals surface area contributed by atoms with Gasteiger partial charge in [-0.15, -0.1) is 0 Å². The fraction of sp³-hybridized carbons (Fsp3) is 0.280. The van der Waals surface area contributed by atoms with Crippen LogP contribution in [-0.2, 0) is 11.8 Å². The average Bonchev–Trinajstić information content (AvgIpc) is 2.72. The summed E-state index contributed by atoms with van der Waals surface area (Å²) in [5.74, 6) is 0. The summed E-state index contributed by atoms with van der Waals surface area (Å²) in [6, 6.07) is 19.6. The van der Waals surface area contributed by atoms with Crippen LogP contribution in [0.2, 0.25) is 0 Å². The molecule has 4 rings (SSSR count). The van der Waals surface area contributed by atoms with Crippen molar-refractivity contribution in [1.29, 1.82) is 0 Å². The fourth-order valence-corrected chi connectivity index (χ4v) is 3.55. The number of pyridine rings is 1. The molecule has 1 aliphatic rings. The lowest BCUT2D eigenvalue weighted by Crippen LogP contribution is -2.27. The maximum atomic E-state index is 4.54. The predicted octanol–water partition coefficient (Wildman–Crippen LogP) is 5.18. The summed E-state index contributed by atoms with van der Waals surface area (Å²) in [7, 11) is 0. The van der Waals surface area contributed by atoms with E-state index in [1.54, 1.807) is 0 Å². The molecule has 0 aliphatic carbocycles. The van der Waals surface area contributed by atoms with E-state index in [1.807, 2.05) is 23.3 Å². The van der Waals surface area contributed by atoms with Crippen molar-refractivity contribution < 1.29 is 4.68 Å². The number of hydrogen-bond acceptors (Lipinski definition) is 2. The number of fused-ring (bicyclic) bond motifs is 1. The molecule has 0 saturated heterocycles. The van der Waals surface area contributed by atoms with Gasteiger partial charge < -0.3 is 5.32 Å². The molecule has 0 amide bonds. The van der Waals surface area contributed by atoms with Crippen LogP contribution in [0.3, 0.4) is 0 Å². The summed E-state index contributed by atoms with van der Waals surface area (Å²) in [6.45, 7) is 7.74. The summed E-state index contributed by atoms with van der Waals surface area (Å²) in [6.07, 6.45) is 8.28. The standard InChI is InChI=1S/C25H28N3/c1-25(2,3)23-12-15-28(16-13-23)27-18-19-6-8-20(9-7-19)21-10-11-24-22(17-21)5-4-14-26-24/h6-13,15-18,26H,4-5,14H2,1-3H3/q+1/b27-18+. The van der Waals surface area contributed by atoms with Gasteiger partial charge in [-0.05, 0) is 63.3 Å². The second-order valence-electron chi connectivity index (χ2n) is 8.49. The van der Waals surface area contributed by atoms with Crippen molar-refractivity contribution in [2.75, 3.05) is 11.9 Å². The number of aryl methyl sites for hydroxylation is 1. The number of nitrogens with one attached hydrogen (secondary N) is 1. The number of rotatable bonds is 3. The zero-order valence-corrected chi connectivity index (χ0v) is 16.9. The topological polar surface area (TPSA) is 28.3 Å². The Morgan fingerprint density at radius 3 is 2.36 bits per heavy atom. The van der Waals surface area contributed by atoms with Crippen molar-refractivity contribution in [3.8, 4) is 11.1 Å². The van der Waals surface area contributed by atoms with Gasteiger partial charge in [0.05, 0.1) is 0 Å². The number of anilines is 1. The third-order valence-electron chi connectivity index (χ3n) is 5.31. The number of aromatic nitrogens is 1. The minimum atomic E-state index is 0.158. The molecular formula is C25H28N3+. The van der Waals surface area contributed by atoms with Gasteiger partial charge in [0.2, 0.25) is 12.4 Å². The molecule has 0 atom stereocenters. The summed E-state index contributed by atoms with van der Waals surface area (Å²) in [4.78, 5) is 0. The van der Waals surface area contributed by atoms with Crippen molar-refractivity contribution >= 4 is 11.9 Å². The molecule has 28 heavy (non-hydrogen) atoms. The van der Waals surface area contributed by atoms with Crippen LogP contribution < -0.4 is 9.99 Å². The molecule has 1 N–H and O–H groups in total. The molecule has 3 nitrogen and oxygen atoms in total. The van der Waals surface area contributed by atoms with Crippen molar-refractivity contribution in [2.24, 2.45) is 5.10 Å². The molecule has 0 bridgehead atoms. The van der Waals surface area contributed by atoms with E-state index in [2.05, 4.69) is 85.8 Å². The van der Waals surface area contributed by atoms with E-state index in [1.165, 1.54) is 34.4 Å². The normalized spacial score (nSPS) is 14.0. The largest absolute Gasteiger partial charge is 0.385 e. The summed E-state index contributed by atoms with van der Waals surface area (Å²) < 4.78 is 1.85. The molecular weight excluding hydrogens is 342 g/mol. The first-order chi connectivity index (χ1) is 13.5. The van der Waals surface area contributed by atoms with Gasteiger partial charge in [-0.25, -0.2) is 0 Å². The van der Waals surface area contributed by atoms with Crippen molar-refractivity contribution in [3.63, 3.8) is 0 Å². The van der Waals surface area contributed by atoms with Gasteiger partial charge in [0.15, 0.2) is 0 Å². The molecule has 142 valence electrons. The molecule has 0 fully saturated rings. The van der Waals surface area contributed by atoms with E-state index in [4.69, 9.17) is 0 Å². The molecule has 0 spiro atoms. The number of nitrogens with zero attached hydrogens (tertiary/aromatic N) is 2. The zero-order chi connectivity index (χ0) is 19.6. The molecule has 2 aromatic carbocycles. The third-order valence-corrected chi connectivity index (χ3v) is 5.31. The van der Waals surface area contributed by atoms with E-state index in [9.17, 15) is 0 Å². The first-order valence-corrected chi connectivity index (χ1v) is 10.0. The Morgan fingerprint density at radius 1 is 0.929 bits per heavy atom. The summed E-state index contributed by atoms with van der Waals surface area (Å²) in [5.41, 5.74) is 7.79. The van der Waals surface area contributed by atoms with Crippen LogP contribution in [0.4, 0.5) is 5.69 Å². The first kappa shape index (κ1) is 18.4. The smallest absolute Gasteiger partial charge is 0.202 e. The monoisotopic (exact) mass is 370 g/mol. The van der Waals surface area contributed by atoms with Crippen LogP contribution in [0.5, 0.6) is 0 Å². The maximum absolute atomic E-state index is 4.54. The average molecular weight is 371 g/mol. The Kier molecular flexibility index (Phi) is 4.99. The van der Waals surface area contributed by atoms with E-state index >= 15 is 0 Å². The maximum Gasteiger partial charge on any atom is 0.202 e. The Balaban J connectivity index is 1.48. The van der Waals surface area contributed by atoms with Crippen molar-refractivity contribution in [2.45, 2.75) is 39.0 Å². The number of benzene rings is 2. The second-order valence-corrected chi connectivity index (χ2v) is 8.49. The molecule has 3 aromatic rings. The third kappa shape index (κ3) is 4.14. The summed E-state index contributed by atoms with van der Waals surface area (Å²) >= 11 is 0. The van der Waals surface area contributed by atoms with Gasteiger partial charge in [-0.3, -0.25) is 0 Å². The van der Waals surface area contributed by atoms with Gasteiger partial charge >= 0.3 is 0 Å². The molecule has 1 aliphatic heterocycles. The highest BCUT2D eigenvalue weighted by Crippen LogP contribution is 2.28. The fourth-order valence-electron chi connectivity index (χ4n) is 3.55. The Morgan fingerprint density at radius 2 is 1.64 bits per heavy atom. The molecule has 0 saturated carbocycles.